The molecule has 3 heterocycles. The Kier molecular flexibility index (Phi) is 3.74. The van der Waals surface area contributed by atoms with E-state index in [0.29, 0.717) is 22.0 Å². The average molecular weight is 331 g/mol. The molecular weight excluding hydrogens is 312 g/mol. The van der Waals surface area contributed by atoms with Crippen LogP contribution in [-0.2, 0) is 0 Å². The number of carbonyl (C=O) groups excluding carboxylic acids is 1. The van der Waals surface area contributed by atoms with Gasteiger partial charge in [-0.25, -0.2) is 0 Å². The molecule has 1 amide bonds. The van der Waals surface area contributed by atoms with Gasteiger partial charge in [0, 0.05) is 41.7 Å². The van der Waals surface area contributed by atoms with Crippen LogP contribution in [0.15, 0.2) is 30.5 Å². The number of amides is 1. The van der Waals surface area contributed by atoms with Gasteiger partial charge in [0.1, 0.15) is 0 Å². The quantitative estimate of drug-likeness (QED) is 0.920. The molecule has 2 aromatic rings. The van der Waals surface area contributed by atoms with E-state index >= 15 is 0 Å². The van der Waals surface area contributed by atoms with Crippen LogP contribution in [0, 0.1) is 11.8 Å². The molecule has 0 spiro atoms. The third-order valence-electron chi connectivity index (χ3n) is 5.30. The molecule has 1 N–H and O–H groups in total. The minimum atomic E-state index is -0.0101. The van der Waals surface area contributed by atoms with Crippen molar-refractivity contribution in [1.82, 2.24) is 9.88 Å². The van der Waals surface area contributed by atoms with Crippen LogP contribution in [0.25, 0.3) is 10.9 Å². The second-order valence-electron chi connectivity index (χ2n) is 6.68. The average Bonchev–Trinajstić information content (AvgIpc) is 2.60. The molecule has 120 valence electrons. The fourth-order valence-electron chi connectivity index (χ4n) is 4.24. The number of benzene rings is 1. The standard InChI is InChI=1S/C18H19ClN2O2/c19-14-7-12-2-1-5-20-17(12)15(8-14)18(23)21-9-11-3-4-16(21)13(6-11)10-22/h1-2,5,7-8,11,13,16,22H,3-4,6,9-10H2. The second kappa shape index (κ2) is 5.77. The Labute approximate surface area is 140 Å². The molecule has 3 atom stereocenters. The molecule has 5 rings (SSSR count). The van der Waals surface area contributed by atoms with Crippen LogP contribution in [0.2, 0.25) is 5.02 Å². The summed E-state index contributed by atoms with van der Waals surface area (Å²) in [5, 5.41) is 11.1. The summed E-state index contributed by atoms with van der Waals surface area (Å²) < 4.78 is 0. The van der Waals surface area contributed by atoms with Gasteiger partial charge in [0.15, 0.2) is 0 Å². The fourth-order valence-corrected chi connectivity index (χ4v) is 4.46. The zero-order valence-electron chi connectivity index (χ0n) is 12.8. The van der Waals surface area contributed by atoms with Crippen molar-refractivity contribution in [3.05, 3.63) is 41.0 Å². The minimum Gasteiger partial charge on any atom is -0.396 e. The number of halogens is 1. The molecule has 3 aliphatic rings. The number of hydrogen-bond acceptors (Lipinski definition) is 3. The Morgan fingerprint density at radius 2 is 2.26 bits per heavy atom. The SMILES string of the molecule is O=C(c1cc(Cl)cc2cccnc12)N1CC2CCC1C(CO)C2. The molecule has 1 aliphatic carbocycles. The van der Waals surface area contributed by atoms with E-state index in [1.165, 1.54) is 0 Å². The highest BCUT2D eigenvalue weighted by Crippen LogP contribution is 2.40. The molecule has 3 unspecified atom stereocenters. The number of aliphatic hydroxyl groups excluding tert-OH is 1. The van der Waals surface area contributed by atoms with Crippen LogP contribution in [-0.4, -0.2) is 40.1 Å². The van der Waals surface area contributed by atoms with Gasteiger partial charge in [-0.15, -0.1) is 0 Å². The van der Waals surface area contributed by atoms with Crippen molar-refractivity contribution in [1.29, 1.82) is 0 Å². The first-order chi connectivity index (χ1) is 11.2. The number of aromatic nitrogens is 1. The number of piperidine rings is 2. The van der Waals surface area contributed by atoms with Gasteiger partial charge in [0.2, 0.25) is 0 Å². The fraction of sp³-hybridized carbons (Fsp3) is 0.444. The van der Waals surface area contributed by atoms with Crippen molar-refractivity contribution in [3.8, 4) is 0 Å². The molecule has 0 radical (unpaired) electrons. The zero-order valence-corrected chi connectivity index (χ0v) is 13.5. The minimum absolute atomic E-state index is 0.0101. The molecule has 3 fully saturated rings. The van der Waals surface area contributed by atoms with E-state index in [9.17, 15) is 9.90 Å². The summed E-state index contributed by atoms with van der Waals surface area (Å²) in [6, 6.07) is 7.45. The van der Waals surface area contributed by atoms with Crippen molar-refractivity contribution in [2.75, 3.05) is 13.2 Å². The Bertz CT molecular complexity index is 764. The van der Waals surface area contributed by atoms with E-state index in [4.69, 9.17) is 11.6 Å². The molecule has 1 saturated carbocycles. The Balaban J connectivity index is 1.75. The summed E-state index contributed by atoms with van der Waals surface area (Å²) in [6.45, 7) is 0.931. The van der Waals surface area contributed by atoms with E-state index in [1.54, 1.807) is 12.3 Å². The summed E-state index contributed by atoms with van der Waals surface area (Å²) in [7, 11) is 0. The number of rotatable bonds is 2. The molecule has 4 nitrogen and oxygen atoms in total. The van der Waals surface area contributed by atoms with E-state index in [1.807, 2.05) is 23.1 Å². The summed E-state index contributed by atoms with van der Waals surface area (Å²) in [4.78, 5) is 19.5. The third kappa shape index (κ3) is 2.50. The van der Waals surface area contributed by atoms with Gasteiger partial charge in [-0.3, -0.25) is 9.78 Å². The van der Waals surface area contributed by atoms with Crippen LogP contribution < -0.4 is 0 Å². The second-order valence-corrected chi connectivity index (χ2v) is 7.11. The normalized spacial score (nSPS) is 26.7. The van der Waals surface area contributed by atoms with E-state index in [0.717, 1.165) is 31.2 Å². The van der Waals surface area contributed by atoms with E-state index in [2.05, 4.69) is 4.98 Å². The van der Waals surface area contributed by atoms with Gasteiger partial charge in [-0.2, -0.15) is 0 Å². The number of pyridine rings is 1. The highest BCUT2D eigenvalue weighted by molar-refractivity contribution is 6.32. The van der Waals surface area contributed by atoms with Crippen LogP contribution in [0.1, 0.15) is 29.6 Å². The highest BCUT2D eigenvalue weighted by atomic mass is 35.5. The number of hydrogen-bond donors (Lipinski definition) is 1. The van der Waals surface area contributed by atoms with Gasteiger partial charge in [-0.05, 0) is 43.4 Å². The molecule has 5 heteroatoms. The maximum Gasteiger partial charge on any atom is 0.256 e. The Hall–Kier alpha value is -1.65. The number of nitrogens with zero attached hydrogens (tertiary/aromatic N) is 2. The molecule has 1 aromatic heterocycles. The van der Waals surface area contributed by atoms with Crippen LogP contribution in [0.3, 0.4) is 0 Å². The largest absolute Gasteiger partial charge is 0.396 e. The molecule has 1 aromatic carbocycles. The topological polar surface area (TPSA) is 53.4 Å². The number of aliphatic hydroxyl groups is 1. The van der Waals surface area contributed by atoms with E-state index < -0.39 is 0 Å². The van der Waals surface area contributed by atoms with Crippen LogP contribution in [0.5, 0.6) is 0 Å². The number of carbonyl (C=O) groups is 1. The first kappa shape index (κ1) is 14.9. The lowest BCUT2D eigenvalue weighted by Gasteiger charge is -2.49. The smallest absolute Gasteiger partial charge is 0.256 e. The predicted octanol–water partition coefficient (Wildman–Crippen LogP) is 3.12. The molecule has 23 heavy (non-hydrogen) atoms. The van der Waals surface area contributed by atoms with E-state index in [-0.39, 0.29) is 24.5 Å². The number of fused-ring (bicyclic) bond motifs is 4. The lowest BCUT2D eigenvalue weighted by atomic mass is 9.73. The first-order valence-corrected chi connectivity index (χ1v) is 8.51. The molecular formula is C18H19ClN2O2. The van der Waals surface area contributed by atoms with Crippen molar-refractivity contribution < 1.29 is 9.90 Å². The summed E-state index contributed by atoms with van der Waals surface area (Å²) >= 11 is 6.20. The monoisotopic (exact) mass is 330 g/mol. The lowest BCUT2D eigenvalue weighted by molar-refractivity contribution is -0.0106. The Morgan fingerprint density at radius 3 is 3.04 bits per heavy atom. The highest BCUT2D eigenvalue weighted by Gasteiger charge is 2.42. The van der Waals surface area contributed by atoms with Gasteiger partial charge in [0.05, 0.1) is 11.1 Å². The van der Waals surface area contributed by atoms with Crippen LogP contribution in [0.4, 0.5) is 0 Å². The lowest BCUT2D eigenvalue weighted by Crippen LogP contribution is -2.56. The zero-order chi connectivity index (χ0) is 16.0. The maximum atomic E-state index is 13.2. The van der Waals surface area contributed by atoms with Gasteiger partial charge >= 0.3 is 0 Å². The van der Waals surface area contributed by atoms with Crippen LogP contribution >= 0.6 is 11.6 Å². The van der Waals surface area contributed by atoms with Crippen molar-refractivity contribution in [2.24, 2.45) is 11.8 Å². The van der Waals surface area contributed by atoms with Crippen molar-refractivity contribution >= 4 is 28.4 Å². The summed E-state index contributed by atoms with van der Waals surface area (Å²) in [5.41, 5.74) is 1.27. The first-order valence-electron chi connectivity index (χ1n) is 8.13. The molecule has 2 saturated heterocycles. The Morgan fingerprint density at radius 1 is 1.39 bits per heavy atom. The van der Waals surface area contributed by atoms with Gasteiger partial charge < -0.3 is 10.0 Å². The summed E-state index contributed by atoms with van der Waals surface area (Å²) in [6.07, 6.45) is 4.86. The van der Waals surface area contributed by atoms with Gasteiger partial charge in [-0.1, -0.05) is 17.7 Å². The van der Waals surface area contributed by atoms with Crippen molar-refractivity contribution in [3.63, 3.8) is 0 Å². The van der Waals surface area contributed by atoms with Gasteiger partial charge in [0.25, 0.3) is 5.91 Å². The molecule has 2 bridgehead atoms. The maximum absolute atomic E-state index is 13.2. The third-order valence-corrected chi connectivity index (χ3v) is 5.52. The van der Waals surface area contributed by atoms with Crippen molar-refractivity contribution in [2.45, 2.75) is 25.3 Å². The summed E-state index contributed by atoms with van der Waals surface area (Å²) in [5.74, 6) is 0.688. The molecule has 2 aliphatic heterocycles. The predicted molar refractivity (Wildman–Crippen MR) is 89.5 cm³/mol.